The van der Waals surface area contributed by atoms with E-state index in [1.165, 1.54) is 16.7 Å². The molecule has 0 aliphatic heterocycles. The molecule has 0 fully saturated rings. The van der Waals surface area contributed by atoms with Gasteiger partial charge in [0.05, 0.1) is 0 Å². The minimum Gasteiger partial charge on any atom is -0.489 e. The lowest BCUT2D eigenvalue weighted by atomic mass is 10.1. The van der Waals surface area contributed by atoms with Crippen LogP contribution in [0.15, 0.2) is 24.3 Å². The third-order valence-electron chi connectivity index (χ3n) is 2.18. The van der Waals surface area contributed by atoms with Crippen LogP contribution in [0.1, 0.15) is 23.6 Å². The number of hydrogen-bond donors (Lipinski definition) is 0. The fraction of sp³-hybridized carbons (Fsp3) is 0.385. The van der Waals surface area contributed by atoms with Crippen LogP contribution >= 0.6 is 15.9 Å². The van der Waals surface area contributed by atoms with Crippen molar-refractivity contribution < 1.29 is 4.74 Å². The standard InChI is InChI=1S/C13H17BrO/c1-9(2)8-15-13-6-10(3)5-11(4)12(13)7-14/h5-6H,1,7-8H2,2-4H3. The molecule has 15 heavy (non-hydrogen) atoms. The highest BCUT2D eigenvalue weighted by Crippen LogP contribution is 2.26. The Morgan fingerprint density at radius 1 is 1.40 bits per heavy atom. The van der Waals surface area contributed by atoms with E-state index in [9.17, 15) is 0 Å². The summed E-state index contributed by atoms with van der Waals surface area (Å²) in [5, 5.41) is 0.824. The zero-order valence-electron chi connectivity index (χ0n) is 9.56. The second-order valence-corrected chi connectivity index (χ2v) is 4.50. The van der Waals surface area contributed by atoms with Gasteiger partial charge < -0.3 is 4.74 Å². The van der Waals surface area contributed by atoms with Gasteiger partial charge in [-0.25, -0.2) is 0 Å². The highest BCUT2D eigenvalue weighted by Gasteiger charge is 2.06. The van der Waals surface area contributed by atoms with Gasteiger partial charge in [0.15, 0.2) is 0 Å². The van der Waals surface area contributed by atoms with Gasteiger partial charge in [-0.15, -0.1) is 0 Å². The zero-order valence-corrected chi connectivity index (χ0v) is 11.1. The van der Waals surface area contributed by atoms with Crippen LogP contribution in [0.4, 0.5) is 0 Å². The second-order valence-electron chi connectivity index (χ2n) is 3.94. The Morgan fingerprint density at radius 3 is 2.60 bits per heavy atom. The fourth-order valence-corrected chi connectivity index (χ4v) is 2.18. The third-order valence-corrected chi connectivity index (χ3v) is 2.74. The van der Waals surface area contributed by atoms with Crippen molar-refractivity contribution in [2.45, 2.75) is 26.1 Å². The number of halogens is 1. The summed E-state index contributed by atoms with van der Waals surface area (Å²) in [6.45, 7) is 10.6. The minimum absolute atomic E-state index is 0.586. The lowest BCUT2D eigenvalue weighted by Gasteiger charge is -2.13. The first-order chi connectivity index (χ1) is 7.04. The van der Waals surface area contributed by atoms with Crippen LogP contribution < -0.4 is 4.74 Å². The summed E-state index contributed by atoms with van der Waals surface area (Å²) >= 11 is 3.49. The van der Waals surface area contributed by atoms with E-state index in [-0.39, 0.29) is 0 Å². The molecular weight excluding hydrogens is 252 g/mol. The molecule has 1 aromatic carbocycles. The number of rotatable bonds is 4. The van der Waals surface area contributed by atoms with Crippen molar-refractivity contribution in [1.29, 1.82) is 0 Å². The average molecular weight is 269 g/mol. The van der Waals surface area contributed by atoms with Crippen LogP contribution in [0.25, 0.3) is 0 Å². The maximum absolute atomic E-state index is 5.72. The van der Waals surface area contributed by atoms with E-state index in [2.05, 4.69) is 48.5 Å². The number of alkyl halides is 1. The van der Waals surface area contributed by atoms with Gasteiger partial charge in [-0.3, -0.25) is 0 Å². The predicted molar refractivity (Wildman–Crippen MR) is 68.9 cm³/mol. The summed E-state index contributed by atoms with van der Waals surface area (Å²) in [4.78, 5) is 0. The number of hydrogen-bond acceptors (Lipinski definition) is 1. The summed E-state index contributed by atoms with van der Waals surface area (Å²) in [6, 6.07) is 4.25. The molecule has 0 saturated heterocycles. The second kappa shape index (κ2) is 5.36. The van der Waals surface area contributed by atoms with Crippen molar-refractivity contribution in [3.05, 3.63) is 41.0 Å². The molecule has 0 spiro atoms. The van der Waals surface area contributed by atoms with E-state index in [0.717, 1.165) is 16.7 Å². The summed E-state index contributed by atoms with van der Waals surface area (Å²) in [5.74, 6) is 0.965. The smallest absolute Gasteiger partial charge is 0.124 e. The first-order valence-corrected chi connectivity index (χ1v) is 6.10. The molecule has 0 radical (unpaired) electrons. The van der Waals surface area contributed by atoms with Crippen molar-refractivity contribution >= 4 is 15.9 Å². The first kappa shape index (κ1) is 12.3. The molecule has 0 amide bonds. The molecule has 0 saturated carbocycles. The van der Waals surface area contributed by atoms with E-state index < -0.39 is 0 Å². The van der Waals surface area contributed by atoms with Gasteiger partial charge >= 0.3 is 0 Å². The number of benzene rings is 1. The molecule has 1 rings (SSSR count). The molecule has 0 bridgehead atoms. The summed E-state index contributed by atoms with van der Waals surface area (Å²) < 4.78 is 5.72. The van der Waals surface area contributed by atoms with Crippen molar-refractivity contribution in [1.82, 2.24) is 0 Å². The monoisotopic (exact) mass is 268 g/mol. The van der Waals surface area contributed by atoms with Crippen LogP contribution in [0.2, 0.25) is 0 Å². The van der Waals surface area contributed by atoms with Gasteiger partial charge in [0, 0.05) is 10.9 Å². The van der Waals surface area contributed by atoms with Crippen molar-refractivity contribution in [2.75, 3.05) is 6.61 Å². The topological polar surface area (TPSA) is 9.23 Å². The third kappa shape index (κ3) is 3.38. The molecular formula is C13H17BrO. The summed E-state index contributed by atoms with van der Waals surface area (Å²) in [6.07, 6.45) is 0. The van der Waals surface area contributed by atoms with Crippen LogP contribution in [-0.4, -0.2) is 6.61 Å². The number of aryl methyl sites for hydroxylation is 2. The molecule has 0 atom stereocenters. The molecule has 1 aromatic rings. The van der Waals surface area contributed by atoms with Crippen LogP contribution in [0.5, 0.6) is 5.75 Å². The molecule has 1 nitrogen and oxygen atoms in total. The van der Waals surface area contributed by atoms with Crippen molar-refractivity contribution in [3.8, 4) is 5.75 Å². The first-order valence-electron chi connectivity index (χ1n) is 4.98. The van der Waals surface area contributed by atoms with Gasteiger partial charge in [0.1, 0.15) is 12.4 Å². The predicted octanol–water partition coefficient (Wildman–Crippen LogP) is 4.15. The molecule has 2 heteroatoms. The lowest BCUT2D eigenvalue weighted by Crippen LogP contribution is -2.01. The maximum Gasteiger partial charge on any atom is 0.124 e. The quantitative estimate of drug-likeness (QED) is 0.589. The van der Waals surface area contributed by atoms with E-state index in [1.54, 1.807) is 0 Å². The summed E-state index contributed by atoms with van der Waals surface area (Å²) in [5.41, 5.74) is 4.76. The summed E-state index contributed by atoms with van der Waals surface area (Å²) in [7, 11) is 0. The molecule has 0 aliphatic rings. The molecule has 0 heterocycles. The minimum atomic E-state index is 0.586. The lowest BCUT2D eigenvalue weighted by molar-refractivity contribution is 0.349. The van der Waals surface area contributed by atoms with E-state index >= 15 is 0 Å². The average Bonchev–Trinajstić information content (AvgIpc) is 2.13. The Labute approximate surface area is 100 Å². The van der Waals surface area contributed by atoms with Crippen LogP contribution in [0.3, 0.4) is 0 Å². The molecule has 0 aromatic heterocycles. The molecule has 82 valence electrons. The molecule has 0 unspecified atom stereocenters. The zero-order chi connectivity index (χ0) is 11.4. The molecule has 0 aliphatic carbocycles. The Morgan fingerprint density at radius 2 is 2.07 bits per heavy atom. The maximum atomic E-state index is 5.72. The largest absolute Gasteiger partial charge is 0.489 e. The Balaban J connectivity index is 2.98. The van der Waals surface area contributed by atoms with Gasteiger partial charge in [0.2, 0.25) is 0 Å². The highest BCUT2D eigenvalue weighted by atomic mass is 79.9. The molecule has 0 N–H and O–H groups in total. The Bertz CT molecular complexity index is 369. The van der Waals surface area contributed by atoms with Gasteiger partial charge in [0.25, 0.3) is 0 Å². The Kier molecular flexibility index (Phi) is 4.40. The van der Waals surface area contributed by atoms with E-state index in [1.807, 2.05) is 6.92 Å². The normalized spacial score (nSPS) is 10.1. The van der Waals surface area contributed by atoms with Crippen molar-refractivity contribution in [3.63, 3.8) is 0 Å². The SMILES string of the molecule is C=C(C)COc1cc(C)cc(C)c1CBr. The van der Waals surface area contributed by atoms with Crippen molar-refractivity contribution in [2.24, 2.45) is 0 Å². The van der Waals surface area contributed by atoms with Crippen LogP contribution in [-0.2, 0) is 5.33 Å². The Hall–Kier alpha value is -0.760. The van der Waals surface area contributed by atoms with E-state index in [4.69, 9.17) is 4.74 Å². The van der Waals surface area contributed by atoms with Gasteiger partial charge in [-0.2, -0.15) is 0 Å². The van der Waals surface area contributed by atoms with Gasteiger partial charge in [-0.05, 0) is 43.5 Å². The van der Waals surface area contributed by atoms with E-state index in [0.29, 0.717) is 6.61 Å². The van der Waals surface area contributed by atoms with Gasteiger partial charge in [-0.1, -0.05) is 28.6 Å². The fourth-order valence-electron chi connectivity index (χ4n) is 1.46. The van der Waals surface area contributed by atoms with Crippen LogP contribution in [0, 0.1) is 13.8 Å². The highest BCUT2D eigenvalue weighted by molar-refractivity contribution is 9.08. The number of ether oxygens (including phenoxy) is 1.